The molecule has 1 saturated carbocycles. The lowest BCUT2D eigenvalue weighted by atomic mass is 10.1. The highest BCUT2D eigenvalue weighted by molar-refractivity contribution is 5.81. The Morgan fingerprint density at radius 2 is 1.88 bits per heavy atom. The van der Waals surface area contributed by atoms with E-state index in [2.05, 4.69) is 5.16 Å². The maximum atomic E-state index is 13.0. The van der Waals surface area contributed by atoms with Gasteiger partial charge in [0.2, 0.25) is 12.7 Å². The number of methoxy groups -OCH3 is 2. The molecule has 32 heavy (non-hydrogen) atoms. The van der Waals surface area contributed by atoms with Crippen molar-refractivity contribution in [3.63, 3.8) is 0 Å². The minimum absolute atomic E-state index is 0.0915. The number of fused-ring (bicyclic) bond motifs is 1. The summed E-state index contributed by atoms with van der Waals surface area (Å²) >= 11 is 0. The second-order valence-corrected chi connectivity index (χ2v) is 7.90. The number of aromatic nitrogens is 1. The van der Waals surface area contributed by atoms with Crippen LogP contribution >= 0.6 is 0 Å². The Morgan fingerprint density at radius 1 is 1.03 bits per heavy atom. The molecular formula is C24H24N2O6. The Hall–Kier alpha value is -3.68. The van der Waals surface area contributed by atoms with E-state index in [1.165, 1.54) is 0 Å². The number of nitrogens with zero attached hydrogens (tertiary/aromatic N) is 2. The average Bonchev–Trinajstić information content (AvgIpc) is 3.39. The van der Waals surface area contributed by atoms with Crippen LogP contribution in [0.1, 0.15) is 24.1 Å². The zero-order valence-electron chi connectivity index (χ0n) is 18.0. The van der Waals surface area contributed by atoms with E-state index in [0.717, 1.165) is 29.7 Å². The van der Waals surface area contributed by atoms with Gasteiger partial charge in [0.25, 0.3) is 0 Å². The van der Waals surface area contributed by atoms with Crippen LogP contribution in [0.15, 0.2) is 47.0 Å². The fourth-order valence-electron chi connectivity index (χ4n) is 3.78. The molecule has 1 aliphatic heterocycles. The van der Waals surface area contributed by atoms with Gasteiger partial charge in [-0.25, -0.2) is 0 Å². The first kappa shape index (κ1) is 20.2. The standard InChI is InChI=1S/C24H24N2O6/c1-28-18-6-8-20(29-2)19(11-18)22-10-17(25-32-22)13-26(24(27)16-4-5-16)12-15-3-7-21-23(9-15)31-14-30-21/h3,6-11,16H,4-5,12-14H2,1-2H3. The van der Waals surface area contributed by atoms with Crippen molar-refractivity contribution >= 4 is 5.91 Å². The summed E-state index contributed by atoms with van der Waals surface area (Å²) in [4.78, 5) is 14.8. The van der Waals surface area contributed by atoms with Crippen LogP contribution in [0, 0.1) is 5.92 Å². The molecule has 1 aliphatic carbocycles. The summed E-state index contributed by atoms with van der Waals surface area (Å²) in [6.07, 6.45) is 1.86. The molecule has 0 saturated heterocycles. The minimum atomic E-state index is 0.0915. The van der Waals surface area contributed by atoms with Crippen molar-refractivity contribution in [3.8, 4) is 34.3 Å². The van der Waals surface area contributed by atoms with E-state index >= 15 is 0 Å². The average molecular weight is 436 g/mol. The molecule has 1 fully saturated rings. The number of hydrogen-bond donors (Lipinski definition) is 0. The fraction of sp³-hybridized carbons (Fsp3) is 0.333. The summed E-state index contributed by atoms with van der Waals surface area (Å²) in [6.45, 7) is 1.02. The first-order valence-corrected chi connectivity index (χ1v) is 10.5. The molecule has 5 rings (SSSR count). The van der Waals surface area contributed by atoms with Crippen LogP contribution in [0.3, 0.4) is 0 Å². The van der Waals surface area contributed by atoms with E-state index < -0.39 is 0 Å². The highest BCUT2D eigenvalue weighted by atomic mass is 16.7. The molecular weight excluding hydrogens is 412 g/mol. The van der Waals surface area contributed by atoms with E-state index in [-0.39, 0.29) is 18.6 Å². The molecule has 3 aromatic rings. The van der Waals surface area contributed by atoms with Gasteiger partial charge in [0.05, 0.1) is 26.3 Å². The van der Waals surface area contributed by atoms with E-state index in [4.69, 9.17) is 23.5 Å². The molecule has 0 spiro atoms. The monoisotopic (exact) mass is 436 g/mol. The van der Waals surface area contributed by atoms with Crippen molar-refractivity contribution in [1.29, 1.82) is 0 Å². The van der Waals surface area contributed by atoms with Gasteiger partial charge in [0.1, 0.15) is 17.2 Å². The lowest BCUT2D eigenvalue weighted by Gasteiger charge is -2.22. The van der Waals surface area contributed by atoms with E-state index in [1.807, 2.05) is 47.4 Å². The number of rotatable bonds is 8. The molecule has 0 N–H and O–H groups in total. The zero-order chi connectivity index (χ0) is 22.1. The van der Waals surface area contributed by atoms with E-state index in [9.17, 15) is 4.79 Å². The first-order chi connectivity index (χ1) is 15.6. The van der Waals surface area contributed by atoms with Crippen molar-refractivity contribution < 1.29 is 28.3 Å². The number of amides is 1. The maximum Gasteiger partial charge on any atom is 0.231 e. The van der Waals surface area contributed by atoms with Gasteiger partial charge < -0.3 is 28.4 Å². The van der Waals surface area contributed by atoms with Crippen LogP contribution < -0.4 is 18.9 Å². The number of benzene rings is 2. The third-order valence-corrected chi connectivity index (χ3v) is 5.63. The SMILES string of the molecule is COc1ccc(OC)c(-c2cc(CN(Cc3ccc4c(c3)OCO4)C(=O)C3CC3)no2)c1. The van der Waals surface area contributed by atoms with Gasteiger partial charge in [0.15, 0.2) is 17.3 Å². The summed E-state index contributed by atoms with van der Waals surface area (Å²) in [5, 5.41) is 4.21. The molecule has 2 aromatic carbocycles. The van der Waals surface area contributed by atoms with Gasteiger partial charge in [-0.2, -0.15) is 0 Å². The van der Waals surface area contributed by atoms with Crippen LogP contribution in [-0.2, 0) is 17.9 Å². The Balaban J connectivity index is 1.38. The second-order valence-electron chi connectivity index (χ2n) is 7.90. The van der Waals surface area contributed by atoms with Crippen molar-refractivity contribution in [2.24, 2.45) is 5.92 Å². The largest absolute Gasteiger partial charge is 0.497 e. The lowest BCUT2D eigenvalue weighted by Crippen LogP contribution is -2.31. The molecule has 166 valence electrons. The molecule has 0 radical (unpaired) electrons. The predicted octanol–water partition coefficient (Wildman–Crippen LogP) is 4.03. The molecule has 2 heterocycles. The summed E-state index contributed by atoms with van der Waals surface area (Å²) in [5.74, 6) is 3.54. The van der Waals surface area contributed by atoms with Gasteiger partial charge in [-0.1, -0.05) is 11.2 Å². The number of carbonyl (C=O) groups is 1. The van der Waals surface area contributed by atoms with Gasteiger partial charge in [0, 0.05) is 18.5 Å². The first-order valence-electron chi connectivity index (χ1n) is 10.5. The Bertz CT molecular complexity index is 1140. The molecule has 0 unspecified atom stereocenters. The Labute approximate surface area is 185 Å². The summed E-state index contributed by atoms with van der Waals surface area (Å²) in [5.41, 5.74) is 2.38. The van der Waals surface area contributed by atoms with Crippen LogP contribution in [0.2, 0.25) is 0 Å². The van der Waals surface area contributed by atoms with Gasteiger partial charge in [-0.15, -0.1) is 0 Å². The van der Waals surface area contributed by atoms with Crippen molar-refractivity contribution in [2.75, 3.05) is 21.0 Å². The molecule has 8 nitrogen and oxygen atoms in total. The quantitative estimate of drug-likeness (QED) is 0.527. The number of hydrogen-bond acceptors (Lipinski definition) is 7. The normalized spacial score (nSPS) is 14.3. The molecule has 8 heteroatoms. The minimum Gasteiger partial charge on any atom is -0.497 e. The Kier molecular flexibility index (Phi) is 5.34. The van der Waals surface area contributed by atoms with Crippen LogP contribution in [-0.4, -0.2) is 37.0 Å². The highest BCUT2D eigenvalue weighted by Gasteiger charge is 2.34. The van der Waals surface area contributed by atoms with Crippen LogP contribution in [0.4, 0.5) is 0 Å². The topological polar surface area (TPSA) is 83.3 Å². The van der Waals surface area contributed by atoms with E-state index in [0.29, 0.717) is 41.8 Å². The fourth-order valence-corrected chi connectivity index (χ4v) is 3.78. The van der Waals surface area contributed by atoms with Gasteiger partial charge >= 0.3 is 0 Å². The van der Waals surface area contributed by atoms with Crippen LogP contribution in [0.25, 0.3) is 11.3 Å². The molecule has 0 atom stereocenters. The third kappa shape index (κ3) is 4.08. The molecule has 1 amide bonds. The van der Waals surface area contributed by atoms with Gasteiger partial charge in [-0.3, -0.25) is 4.79 Å². The van der Waals surface area contributed by atoms with Gasteiger partial charge in [-0.05, 0) is 48.7 Å². The predicted molar refractivity (Wildman–Crippen MR) is 115 cm³/mol. The second kappa shape index (κ2) is 8.45. The van der Waals surface area contributed by atoms with Crippen molar-refractivity contribution in [1.82, 2.24) is 10.1 Å². The smallest absolute Gasteiger partial charge is 0.231 e. The maximum absolute atomic E-state index is 13.0. The molecule has 2 aliphatic rings. The van der Waals surface area contributed by atoms with Crippen molar-refractivity contribution in [3.05, 3.63) is 53.7 Å². The van der Waals surface area contributed by atoms with Crippen molar-refractivity contribution in [2.45, 2.75) is 25.9 Å². The summed E-state index contributed by atoms with van der Waals surface area (Å²) in [6, 6.07) is 13.1. The number of ether oxygens (including phenoxy) is 4. The molecule has 0 bridgehead atoms. The summed E-state index contributed by atoms with van der Waals surface area (Å²) < 4.78 is 27.2. The Morgan fingerprint density at radius 3 is 2.66 bits per heavy atom. The van der Waals surface area contributed by atoms with E-state index in [1.54, 1.807) is 14.2 Å². The lowest BCUT2D eigenvalue weighted by molar-refractivity contribution is -0.133. The number of carbonyl (C=O) groups excluding carboxylic acids is 1. The third-order valence-electron chi connectivity index (χ3n) is 5.63. The molecule has 1 aromatic heterocycles. The zero-order valence-corrected chi connectivity index (χ0v) is 18.0. The van der Waals surface area contributed by atoms with Crippen LogP contribution in [0.5, 0.6) is 23.0 Å². The summed E-state index contributed by atoms with van der Waals surface area (Å²) in [7, 11) is 3.21. The highest BCUT2D eigenvalue weighted by Crippen LogP contribution is 2.36.